The molecule has 1 aromatic rings. The largest absolute Gasteiger partial charge is 0.381 e. The van der Waals surface area contributed by atoms with Crippen LogP contribution < -0.4 is 10.6 Å². The standard InChI is InChI=1S/C15H23N3O3/c1-3-16-14(19)12-4-5-13(17-10-12)18-11-15(20-2)6-8-21-9-7-15/h4-5,10H,3,6-9,11H2,1-2H3,(H,16,19)(H,17,18). The lowest BCUT2D eigenvalue weighted by molar-refractivity contribution is -0.0807. The van der Waals surface area contributed by atoms with Gasteiger partial charge in [0.1, 0.15) is 5.82 Å². The number of ether oxygens (including phenoxy) is 2. The number of aromatic nitrogens is 1. The summed E-state index contributed by atoms with van der Waals surface area (Å²) in [6.45, 7) is 4.62. The molecular weight excluding hydrogens is 270 g/mol. The summed E-state index contributed by atoms with van der Waals surface area (Å²) in [5.41, 5.74) is 0.368. The summed E-state index contributed by atoms with van der Waals surface area (Å²) < 4.78 is 11.0. The minimum atomic E-state index is -0.196. The molecule has 1 saturated heterocycles. The van der Waals surface area contributed by atoms with Gasteiger partial charge in [0.25, 0.3) is 5.91 Å². The monoisotopic (exact) mass is 293 g/mol. The molecule has 0 bridgehead atoms. The molecule has 0 radical (unpaired) electrons. The molecular formula is C15H23N3O3. The highest BCUT2D eigenvalue weighted by molar-refractivity contribution is 5.93. The van der Waals surface area contributed by atoms with E-state index in [9.17, 15) is 4.79 Å². The molecule has 0 spiro atoms. The van der Waals surface area contributed by atoms with E-state index in [2.05, 4.69) is 15.6 Å². The Morgan fingerprint density at radius 1 is 1.43 bits per heavy atom. The fraction of sp³-hybridized carbons (Fsp3) is 0.600. The van der Waals surface area contributed by atoms with E-state index in [-0.39, 0.29) is 11.5 Å². The molecule has 0 aromatic carbocycles. The number of hydrogen-bond donors (Lipinski definition) is 2. The first kappa shape index (κ1) is 15.7. The quantitative estimate of drug-likeness (QED) is 0.830. The summed E-state index contributed by atoms with van der Waals surface area (Å²) in [5.74, 6) is 0.639. The average Bonchev–Trinajstić information content (AvgIpc) is 2.54. The predicted molar refractivity (Wildman–Crippen MR) is 80.5 cm³/mol. The highest BCUT2D eigenvalue weighted by Gasteiger charge is 2.32. The third kappa shape index (κ3) is 4.15. The smallest absolute Gasteiger partial charge is 0.252 e. The highest BCUT2D eigenvalue weighted by Crippen LogP contribution is 2.24. The molecule has 6 heteroatoms. The van der Waals surface area contributed by atoms with Gasteiger partial charge in [0.2, 0.25) is 0 Å². The zero-order chi connectivity index (χ0) is 15.1. The summed E-state index contributed by atoms with van der Waals surface area (Å²) in [7, 11) is 1.73. The van der Waals surface area contributed by atoms with Crippen LogP contribution >= 0.6 is 0 Å². The first-order valence-corrected chi connectivity index (χ1v) is 7.30. The van der Waals surface area contributed by atoms with Crippen LogP contribution in [0.5, 0.6) is 0 Å². The van der Waals surface area contributed by atoms with E-state index in [1.807, 2.05) is 13.0 Å². The lowest BCUT2D eigenvalue weighted by atomic mass is 9.94. The van der Waals surface area contributed by atoms with Gasteiger partial charge < -0.3 is 20.1 Å². The van der Waals surface area contributed by atoms with Crippen molar-refractivity contribution in [2.24, 2.45) is 0 Å². The third-order valence-corrected chi connectivity index (χ3v) is 3.79. The number of nitrogens with one attached hydrogen (secondary N) is 2. The number of hydrogen-bond acceptors (Lipinski definition) is 5. The number of anilines is 1. The number of carbonyl (C=O) groups excluding carboxylic acids is 1. The van der Waals surface area contributed by atoms with Crippen molar-refractivity contribution in [2.75, 3.05) is 38.7 Å². The van der Waals surface area contributed by atoms with Crippen molar-refractivity contribution in [3.63, 3.8) is 0 Å². The maximum Gasteiger partial charge on any atom is 0.252 e. The summed E-state index contributed by atoms with van der Waals surface area (Å²) in [6.07, 6.45) is 3.32. The zero-order valence-electron chi connectivity index (χ0n) is 12.6. The molecule has 1 aliphatic heterocycles. The van der Waals surface area contributed by atoms with Crippen molar-refractivity contribution in [1.29, 1.82) is 0 Å². The fourth-order valence-electron chi connectivity index (χ4n) is 2.34. The van der Waals surface area contributed by atoms with Gasteiger partial charge in [-0.2, -0.15) is 0 Å². The molecule has 0 unspecified atom stereocenters. The van der Waals surface area contributed by atoms with Crippen molar-refractivity contribution in [3.05, 3.63) is 23.9 Å². The Balaban J connectivity index is 1.92. The Labute approximate surface area is 125 Å². The van der Waals surface area contributed by atoms with Crippen molar-refractivity contribution >= 4 is 11.7 Å². The molecule has 6 nitrogen and oxygen atoms in total. The number of nitrogens with zero attached hydrogens (tertiary/aromatic N) is 1. The summed E-state index contributed by atoms with van der Waals surface area (Å²) in [4.78, 5) is 15.9. The van der Waals surface area contributed by atoms with E-state index >= 15 is 0 Å². The van der Waals surface area contributed by atoms with Crippen molar-refractivity contribution in [3.8, 4) is 0 Å². The molecule has 2 heterocycles. The van der Waals surface area contributed by atoms with Crippen LogP contribution in [0, 0.1) is 0 Å². The molecule has 1 fully saturated rings. The summed E-state index contributed by atoms with van der Waals surface area (Å²) in [6, 6.07) is 3.58. The normalized spacial score (nSPS) is 17.2. The number of rotatable bonds is 6. The van der Waals surface area contributed by atoms with E-state index in [0.717, 1.165) is 31.9 Å². The zero-order valence-corrected chi connectivity index (χ0v) is 12.6. The molecule has 116 valence electrons. The van der Waals surface area contributed by atoms with Gasteiger partial charge in [-0.3, -0.25) is 4.79 Å². The van der Waals surface area contributed by atoms with E-state index in [1.165, 1.54) is 0 Å². The maximum atomic E-state index is 11.7. The molecule has 0 aliphatic carbocycles. The molecule has 2 rings (SSSR count). The molecule has 1 aromatic heterocycles. The average molecular weight is 293 g/mol. The van der Waals surface area contributed by atoms with Crippen LogP contribution in [0.2, 0.25) is 0 Å². The molecule has 2 N–H and O–H groups in total. The van der Waals surface area contributed by atoms with Gasteiger partial charge in [0.15, 0.2) is 0 Å². The summed E-state index contributed by atoms with van der Waals surface area (Å²) >= 11 is 0. The lowest BCUT2D eigenvalue weighted by Gasteiger charge is -2.36. The Hall–Kier alpha value is -1.66. The van der Waals surface area contributed by atoms with Crippen molar-refractivity contribution in [1.82, 2.24) is 10.3 Å². The molecule has 21 heavy (non-hydrogen) atoms. The van der Waals surface area contributed by atoms with Gasteiger partial charge in [-0.05, 0) is 19.1 Å². The van der Waals surface area contributed by atoms with Gasteiger partial charge >= 0.3 is 0 Å². The van der Waals surface area contributed by atoms with Crippen LogP contribution in [0.3, 0.4) is 0 Å². The minimum absolute atomic E-state index is 0.102. The van der Waals surface area contributed by atoms with Crippen LogP contribution in [0.4, 0.5) is 5.82 Å². The van der Waals surface area contributed by atoms with Gasteiger partial charge in [-0.1, -0.05) is 0 Å². The lowest BCUT2D eigenvalue weighted by Crippen LogP contribution is -2.44. The van der Waals surface area contributed by atoms with Crippen LogP contribution in [0.15, 0.2) is 18.3 Å². The molecule has 1 aliphatic rings. The highest BCUT2D eigenvalue weighted by atomic mass is 16.5. The van der Waals surface area contributed by atoms with E-state index < -0.39 is 0 Å². The van der Waals surface area contributed by atoms with E-state index in [4.69, 9.17) is 9.47 Å². The first-order chi connectivity index (χ1) is 10.2. The Kier molecular flexibility index (Phi) is 5.52. The number of pyridine rings is 1. The number of methoxy groups -OCH3 is 1. The van der Waals surface area contributed by atoms with Crippen molar-refractivity contribution in [2.45, 2.75) is 25.4 Å². The van der Waals surface area contributed by atoms with E-state index in [1.54, 1.807) is 19.4 Å². The SMILES string of the molecule is CCNC(=O)c1ccc(NCC2(OC)CCOCC2)nc1. The first-order valence-electron chi connectivity index (χ1n) is 7.30. The second-order valence-corrected chi connectivity index (χ2v) is 5.14. The van der Waals surface area contributed by atoms with Gasteiger partial charge in [0, 0.05) is 52.5 Å². The van der Waals surface area contributed by atoms with Gasteiger partial charge in [-0.15, -0.1) is 0 Å². The van der Waals surface area contributed by atoms with Crippen LogP contribution in [0.25, 0.3) is 0 Å². The Morgan fingerprint density at radius 2 is 2.19 bits per heavy atom. The Morgan fingerprint density at radius 3 is 2.76 bits per heavy atom. The Bertz CT molecular complexity index is 456. The number of carbonyl (C=O) groups is 1. The van der Waals surface area contributed by atoms with Crippen LogP contribution in [-0.2, 0) is 9.47 Å². The second kappa shape index (κ2) is 7.38. The van der Waals surface area contributed by atoms with E-state index in [0.29, 0.717) is 18.7 Å². The van der Waals surface area contributed by atoms with Gasteiger partial charge in [0.05, 0.1) is 11.2 Å². The number of amides is 1. The maximum absolute atomic E-state index is 11.7. The molecule has 0 atom stereocenters. The van der Waals surface area contributed by atoms with Crippen LogP contribution in [0.1, 0.15) is 30.1 Å². The third-order valence-electron chi connectivity index (χ3n) is 3.79. The second-order valence-electron chi connectivity index (χ2n) is 5.14. The topological polar surface area (TPSA) is 72.5 Å². The van der Waals surface area contributed by atoms with Gasteiger partial charge in [-0.25, -0.2) is 4.98 Å². The fourth-order valence-corrected chi connectivity index (χ4v) is 2.34. The minimum Gasteiger partial charge on any atom is -0.381 e. The predicted octanol–water partition coefficient (Wildman–Crippen LogP) is 1.44. The molecule has 1 amide bonds. The van der Waals surface area contributed by atoms with Crippen LogP contribution in [-0.4, -0.2) is 49.9 Å². The van der Waals surface area contributed by atoms with Crippen molar-refractivity contribution < 1.29 is 14.3 Å². The summed E-state index contributed by atoms with van der Waals surface area (Å²) in [5, 5.41) is 6.03. The molecule has 0 saturated carbocycles.